The highest BCUT2D eigenvalue weighted by Crippen LogP contribution is 2.23. The highest BCUT2D eigenvalue weighted by Gasteiger charge is 2.24. The van der Waals surface area contributed by atoms with Gasteiger partial charge in [0, 0.05) is 31.2 Å². The standard InChI is InChI=1S/C16H25FN2O/c1-3-13-11-19(8-9-20-13)10-12(2)16(18)14-6-4-5-7-15(14)17/h4-7,12-13,16H,3,8-11,18H2,1-2H3. The first kappa shape index (κ1) is 15.4. The summed E-state index contributed by atoms with van der Waals surface area (Å²) in [6, 6.07) is 6.53. The zero-order chi connectivity index (χ0) is 14.5. The van der Waals surface area contributed by atoms with E-state index in [1.54, 1.807) is 12.1 Å². The van der Waals surface area contributed by atoms with Crippen LogP contribution in [0.2, 0.25) is 0 Å². The Morgan fingerprint density at radius 1 is 1.45 bits per heavy atom. The molecule has 0 spiro atoms. The third-order valence-electron chi connectivity index (χ3n) is 4.10. The highest BCUT2D eigenvalue weighted by atomic mass is 19.1. The number of halogens is 1. The van der Waals surface area contributed by atoms with Crippen LogP contribution < -0.4 is 5.73 Å². The van der Waals surface area contributed by atoms with Gasteiger partial charge in [-0.05, 0) is 18.4 Å². The van der Waals surface area contributed by atoms with Gasteiger partial charge in [-0.1, -0.05) is 32.0 Å². The molecule has 1 fully saturated rings. The highest BCUT2D eigenvalue weighted by molar-refractivity contribution is 5.21. The molecule has 1 heterocycles. The summed E-state index contributed by atoms with van der Waals surface area (Å²) >= 11 is 0. The van der Waals surface area contributed by atoms with Gasteiger partial charge in [0.2, 0.25) is 0 Å². The number of nitrogens with two attached hydrogens (primary N) is 1. The molecular formula is C16H25FN2O. The Balaban J connectivity index is 1.94. The van der Waals surface area contributed by atoms with Gasteiger partial charge in [-0.3, -0.25) is 4.90 Å². The van der Waals surface area contributed by atoms with E-state index in [0.29, 0.717) is 11.7 Å². The van der Waals surface area contributed by atoms with E-state index < -0.39 is 0 Å². The number of morpholine rings is 1. The van der Waals surface area contributed by atoms with Crippen molar-refractivity contribution in [2.24, 2.45) is 11.7 Å². The van der Waals surface area contributed by atoms with Crippen molar-refractivity contribution >= 4 is 0 Å². The van der Waals surface area contributed by atoms with Gasteiger partial charge in [0.25, 0.3) is 0 Å². The van der Waals surface area contributed by atoms with E-state index in [0.717, 1.165) is 32.7 Å². The number of ether oxygens (including phenoxy) is 1. The van der Waals surface area contributed by atoms with Crippen LogP contribution in [0.3, 0.4) is 0 Å². The number of hydrogen-bond donors (Lipinski definition) is 1. The summed E-state index contributed by atoms with van der Waals surface area (Å²) in [6.07, 6.45) is 1.35. The molecule has 112 valence electrons. The Labute approximate surface area is 120 Å². The molecule has 1 aromatic rings. The third kappa shape index (κ3) is 3.78. The molecule has 1 aliphatic heterocycles. The van der Waals surface area contributed by atoms with Gasteiger partial charge in [-0.15, -0.1) is 0 Å². The molecule has 2 N–H and O–H groups in total. The second-order valence-corrected chi connectivity index (χ2v) is 5.69. The van der Waals surface area contributed by atoms with Crippen molar-refractivity contribution in [3.8, 4) is 0 Å². The van der Waals surface area contributed by atoms with E-state index in [-0.39, 0.29) is 17.8 Å². The van der Waals surface area contributed by atoms with Crippen LogP contribution >= 0.6 is 0 Å². The van der Waals surface area contributed by atoms with E-state index >= 15 is 0 Å². The molecule has 0 aliphatic carbocycles. The van der Waals surface area contributed by atoms with E-state index in [1.165, 1.54) is 6.07 Å². The van der Waals surface area contributed by atoms with Crippen molar-refractivity contribution in [1.29, 1.82) is 0 Å². The second-order valence-electron chi connectivity index (χ2n) is 5.69. The topological polar surface area (TPSA) is 38.5 Å². The van der Waals surface area contributed by atoms with Gasteiger partial charge < -0.3 is 10.5 Å². The van der Waals surface area contributed by atoms with Crippen molar-refractivity contribution < 1.29 is 9.13 Å². The summed E-state index contributed by atoms with van der Waals surface area (Å²) in [5.74, 6) is 0.00256. The maximum atomic E-state index is 13.8. The maximum absolute atomic E-state index is 13.8. The lowest BCUT2D eigenvalue weighted by Gasteiger charge is -2.35. The molecular weight excluding hydrogens is 255 g/mol. The van der Waals surface area contributed by atoms with Crippen LogP contribution in [-0.2, 0) is 4.74 Å². The maximum Gasteiger partial charge on any atom is 0.127 e. The molecule has 0 bridgehead atoms. The first-order chi connectivity index (χ1) is 9.61. The lowest BCUT2D eigenvalue weighted by atomic mass is 9.94. The third-order valence-corrected chi connectivity index (χ3v) is 4.10. The summed E-state index contributed by atoms with van der Waals surface area (Å²) in [6.45, 7) is 7.78. The molecule has 1 aromatic carbocycles. The van der Waals surface area contributed by atoms with Gasteiger partial charge in [0.1, 0.15) is 5.82 Å². The van der Waals surface area contributed by atoms with Crippen LogP contribution in [0.15, 0.2) is 24.3 Å². The molecule has 0 saturated carbocycles. The Hall–Kier alpha value is -0.970. The lowest BCUT2D eigenvalue weighted by Crippen LogP contribution is -2.45. The van der Waals surface area contributed by atoms with Crippen LogP contribution in [0.4, 0.5) is 4.39 Å². The molecule has 3 nitrogen and oxygen atoms in total. The summed E-state index contributed by atoms with van der Waals surface area (Å²) in [5.41, 5.74) is 6.84. The second kappa shape index (κ2) is 7.16. The smallest absolute Gasteiger partial charge is 0.127 e. The first-order valence-electron chi connectivity index (χ1n) is 7.45. The van der Waals surface area contributed by atoms with Gasteiger partial charge >= 0.3 is 0 Å². The Kier molecular flexibility index (Phi) is 5.52. The number of rotatable bonds is 5. The summed E-state index contributed by atoms with van der Waals surface area (Å²) in [5, 5.41) is 0. The normalized spacial score (nSPS) is 23.5. The Morgan fingerprint density at radius 2 is 2.20 bits per heavy atom. The molecule has 3 atom stereocenters. The molecule has 4 heteroatoms. The Bertz CT molecular complexity index is 427. The fourth-order valence-electron chi connectivity index (χ4n) is 2.77. The minimum Gasteiger partial charge on any atom is -0.376 e. The molecule has 20 heavy (non-hydrogen) atoms. The molecule has 1 aliphatic rings. The number of benzene rings is 1. The molecule has 0 amide bonds. The summed E-state index contributed by atoms with van der Waals surface area (Å²) in [4.78, 5) is 2.38. The van der Waals surface area contributed by atoms with Crippen LogP contribution in [0.5, 0.6) is 0 Å². The van der Waals surface area contributed by atoms with Crippen LogP contribution in [0, 0.1) is 11.7 Å². The van der Waals surface area contributed by atoms with E-state index in [2.05, 4.69) is 18.7 Å². The monoisotopic (exact) mass is 280 g/mol. The molecule has 1 saturated heterocycles. The predicted molar refractivity (Wildman–Crippen MR) is 79.0 cm³/mol. The zero-order valence-corrected chi connectivity index (χ0v) is 12.4. The van der Waals surface area contributed by atoms with Crippen molar-refractivity contribution in [1.82, 2.24) is 4.90 Å². The average Bonchev–Trinajstić information content (AvgIpc) is 2.47. The van der Waals surface area contributed by atoms with E-state index in [1.807, 2.05) is 6.07 Å². The number of nitrogens with zero attached hydrogens (tertiary/aromatic N) is 1. The molecule has 0 aromatic heterocycles. The van der Waals surface area contributed by atoms with E-state index in [9.17, 15) is 4.39 Å². The number of hydrogen-bond acceptors (Lipinski definition) is 3. The molecule has 3 unspecified atom stereocenters. The fraction of sp³-hybridized carbons (Fsp3) is 0.625. The fourth-order valence-corrected chi connectivity index (χ4v) is 2.77. The quantitative estimate of drug-likeness (QED) is 0.901. The molecule has 0 radical (unpaired) electrons. The Morgan fingerprint density at radius 3 is 2.90 bits per heavy atom. The largest absolute Gasteiger partial charge is 0.376 e. The van der Waals surface area contributed by atoms with E-state index in [4.69, 9.17) is 10.5 Å². The first-order valence-corrected chi connectivity index (χ1v) is 7.45. The minimum absolute atomic E-state index is 0.208. The van der Waals surface area contributed by atoms with Crippen LogP contribution in [-0.4, -0.2) is 37.2 Å². The van der Waals surface area contributed by atoms with Crippen molar-refractivity contribution in [2.45, 2.75) is 32.4 Å². The summed E-state index contributed by atoms with van der Waals surface area (Å²) in [7, 11) is 0. The van der Waals surface area contributed by atoms with Crippen molar-refractivity contribution in [2.75, 3.05) is 26.2 Å². The van der Waals surface area contributed by atoms with Crippen LogP contribution in [0.1, 0.15) is 31.9 Å². The van der Waals surface area contributed by atoms with Crippen molar-refractivity contribution in [3.05, 3.63) is 35.6 Å². The predicted octanol–water partition coefficient (Wildman–Crippen LogP) is 2.57. The lowest BCUT2D eigenvalue weighted by molar-refractivity contribution is -0.0343. The average molecular weight is 280 g/mol. The summed E-state index contributed by atoms with van der Waals surface area (Å²) < 4.78 is 19.5. The molecule has 2 rings (SSSR count). The van der Waals surface area contributed by atoms with Gasteiger partial charge in [-0.2, -0.15) is 0 Å². The van der Waals surface area contributed by atoms with Gasteiger partial charge in [0.05, 0.1) is 12.7 Å². The minimum atomic E-state index is -0.265. The van der Waals surface area contributed by atoms with Crippen molar-refractivity contribution in [3.63, 3.8) is 0 Å². The SMILES string of the molecule is CCC1CN(CC(C)C(N)c2ccccc2F)CCO1. The van der Waals surface area contributed by atoms with Gasteiger partial charge in [-0.25, -0.2) is 4.39 Å². The van der Waals surface area contributed by atoms with Gasteiger partial charge in [0.15, 0.2) is 0 Å². The zero-order valence-electron chi connectivity index (χ0n) is 12.4. The van der Waals surface area contributed by atoms with Crippen LogP contribution in [0.25, 0.3) is 0 Å².